The van der Waals surface area contributed by atoms with Crippen LogP contribution in [0.4, 0.5) is 0 Å². The summed E-state index contributed by atoms with van der Waals surface area (Å²) < 4.78 is 2.23. The van der Waals surface area contributed by atoms with Gasteiger partial charge in [-0.3, -0.25) is 4.98 Å². The smallest absolute Gasteiger partial charge is 0.0955 e. The number of rotatable bonds is 3. The molecule has 0 saturated carbocycles. The van der Waals surface area contributed by atoms with Crippen molar-refractivity contribution < 1.29 is 0 Å². The van der Waals surface area contributed by atoms with Gasteiger partial charge in [0.15, 0.2) is 0 Å². The zero-order valence-electron chi connectivity index (χ0n) is 10.5. The average molecular weight is 242 g/mol. The first-order chi connectivity index (χ1) is 8.86. The summed E-state index contributed by atoms with van der Waals surface area (Å²) >= 11 is 0. The standard InChI is InChI=1S/C14H18N4/c15-8-11-4-3-5-12(17-11)9-18-10-16-13-6-1-2-7-14(13)18/h3-5,10H,1-2,6-9,15H2. The molecule has 94 valence electrons. The summed E-state index contributed by atoms with van der Waals surface area (Å²) in [6, 6.07) is 6.04. The van der Waals surface area contributed by atoms with Gasteiger partial charge in [0.1, 0.15) is 0 Å². The van der Waals surface area contributed by atoms with Crippen molar-refractivity contribution in [3.63, 3.8) is 0 Å². The quantitative estimate of drug-likeness (QED) is 0.890. The Morgan fingerprint density at radius 1 is 1.17 bits per heavy atom. The molecule has 0 aliphatic heterocycles. The third-order valence-corrected chi connectivity index (χ3v) is 3.52. The second-order valence-corrected chi connectivity index (χ2v) is 4.80. The molecule has 4 nitrogen and oxygen atoms in total. The van der Waals surface area contributed by atoms with Crippen LogP contribution in [0.25, 0.3) is 0 Å². The van der Waals surface area contributed by atoms with E-state index in [1.165, 1.54) is 24.2 Å². The van der Waals surface area contributed by atoms with Gasteiger partial charge in [-0.2, -0.15) is 0 Å². The van der Waals surface area contributed by atoms with Crippen LogP contribution in [0.15, 0.2) is 24.5 Å². The highest BCUT2D eigenvalue weighted by atomic mass is 15.1. The van der Waals surface area contributed by atoms with Gasteiger partial charge in [0.05, 0.1) is 30.0 Å². The van der Waals surface area contributed by atoms with Gasteiger partial charge in [0.2, 0.25) is 0 Å². The lowest BCUT2D eigenvalue weighted by atomic mass is 10.0. The second-order valence-electron chi connectivity index (χ2n) is 4.80. The number of fused-ring (bicyclic) bond motifs is 1. The topological polar surface area (TPSA) is 56.7 Å². The van der Waals surface area contributed by atoms with E-state index in [0.29, 0.717) is 6.54 Å². The van der Waals surface area contributed by atoms with Crippen LogP contribution in [0.3, 0.4) is 0 Å². The highest BCUT2D eigenvalue weighted by Gasteiger charge is 2.15. The van der Waals surface area contributed by atoms with Crippen LogP contribution < -0.4 is 5.73 Å². The van der Waals surface area contributed by atoms with Crippen molar-refractivity contribution in [3.8, 4) is 0 Å². The molecule has 0 saturated heterocycles. The molecular formula is C14H18N4. The minimum atomic E-state index is 0.496. The minimum Gasteiger partial charge on any atom is -0.328 e. The Balaban J connectivity index is 1.85. The van der Waals surface area contributed by atoms with Gasteiger partial charge in [0, 0.05) is 12.2 Å². The first kappa shape index (κ1) is 11.4. The SMILES string of the molecule is NCc1cccc(Cn2cnc3c2CCCC3)n1. The fourth-order valence-corrected chi connectivity index (χ4v) is 2.57. The zero-order valence-corrected chi connectivity index (χ0v) is 10.5. The summed E-state index contributed by atoms with van der Waals surface area (Å²) in [6.45, 7) is 1.30. The van der Waals surface area contributed by atoms with Crippen molar-refractivity contribution in [2.75, 3.05) is 0 Å². The summed E-state index contributed by atoms with van der Waals surface area (Å²) in [7, 11) is 0. The number of aryl methyl sites for hydroxylation is 1. The molecule has 3 rings (SSSR count). The van der Waals surface area contributed by atoms with Gasteiger partial charge in [-0.25, -0.2) is 4.98 Å². The van der Waals surface area contributed by atoms with E-state index in [1.54, 1.807) is 0 Å². The number of hydrogen-bond donors (Lipinski definition) is 1. The minimum absolute atomic E-state index is 0.496. The van der Waals surface area contributed by atoms with Crippen LogP contribution >= 0.6 is 0 Å². The van der Waals surface area contributed by atoms with Crippen LogP contribution in [-0.2, 0) is 25.9 Å². The lowest BCUT2D eigenvalue weighted by molar-refractivity contribution is 0.624. The van der Waals surface area contributed by atoms with E-state index in [2.05, 4.69) is 14.5 Å². The maximum atomic E-state index is 5.62. The molecule has 2 aromatic heterocycles. The Bertz CT molecular complexity index is 544. The summed E-state index contributed by atoms with van der Waals surface area (Å²) in [5.41, 5.74) is 10.3. The van der Waals surface area contributed by atoms with Crippen LogP contribution in [0.2, 0.25) is 0 Å². The first-order valence-electron chi connectivity index (χ1n) is 6.54. The first-order valence-corrected chi connectivity index (χ1v) is 6.54. The molecule has 18 heavy (non-hydrogen) atoms. The van der Waals surface area contributed by atoms with Crippen molar-refractivity contribution in [1.82, 2.24) is 14.5 Å². The molecule has 1 aliphatic carbocycles. The van der Waals surface area contributed by atoms with Crippen LogP contribution in [0.1, 0.15) is 35.6 Å². The van der Waals surface area contributed by atoms with E-state index in [9.17, 15) is 0 Å². The second kappa shape index (κ2) is 4.90. The van der Waals surface area contributed by atoms with Crippen LogP contribution in [0.5, 0.6) is 0 Å². The van der Waals surface area contributed by atoms with E-state index in [-0.39, 0.29) is 0 Å². The molecule has 0 fully saturated rings. The summed E-state index contributed by atoms with van der Waals surface area (Å²) in [4.78, 5) is 9.05. The Morgan fingerprint density at radius 2 is 2.00 bits per heavy atom. The number of hydrogen-bond acceptors (Lipinski definition) is 3. The number of nitrogens with zero attached hydrogens (tertiary/aromatic N) is 3. The fraction of sp³-hybridized carbons (Fsp3) is 0.429. The summed E-state index contributed by atoms with van der Waals surface area (Å²) in [5, 5.41) is 0. The van der Waals surface area contributed by atoms with Crippen molar-refractivity contribution in [2.24, 2.45) is 5.73 Å². The number of pyridine rings is 1. The number of imidazole rings is 1. The third-order valence-electron chi connectivity index (χ3n) is 3.52. The molecular weight excluding hydrogens is 224 g/mol. The zero-order chi connectivity index (χ0) is 12.4. The fourth-order valence-electron chi connectivity index (χ4n) is 2.57. The normalized spacial score (nSPS) is 14.5. The van der Waals surface area contributed by atoms with Crippen molar-refractivity contribution in [2.45, 2.75) is 38.8 Å². The lowest BCUT2D eigenvalue weighted by Gasteiger charge is -2.14. The molecule has 0 amide bonds. The third kappa shape index (κ3) is 2.16. The van der Waals surface area contributed by atoms with Crippen molar-refractivity contribution >= 4 is 0 Å². The van der Waals surface area contributed by atoms with E-state index in [0.717, 1.165) is 30.8 Å². The van der Waals surface area contributed by atoms with Gasteiger partial charge in [-0.1, -0.05) is 6.07 Å². The Kier molecular flexibility index (Phi) is 3.11. The maximum Gasteiger partial charge on any atom is 0.0955 e. The summed E-state index contributed by atoms with van der Waals surface area (Å²) in [6.07, 6.45) is 6.76. The largest absolute Gasteiger partial charge is 0.328 e. The van der Waals surface area contributed by atoms with Gasteiger partial charge in [0.25, 0.3) is 0 Å². The van der Waals surface area contributed by atoms with Gasteiger partial charge in [-0.15, -0.1) is 0 Å². The molecule has 0 aromatic carbocycles. The molecule has 2 aromatic rings. The highest BCUT2D eigenvalue weighted by Crippen LogP contribution is 2.20. The molecule has 2 N–H and O–H groups in total. The average Bonchev–Trinajstić information content (AvgIpc) is 2.83. The molecule has 0 radical (unpaired) electrons. The Morgan fingerprint density at radius 3 is 2.89 bits per heavy atom. The van der Waals surface area contributed by atoms with Crippen LogP contribution in [-0.4, -0.2) is 14.5 Å². The highest BCUT2D eigenvalue weighted by molar-refractivity contribution is 5.19. The molecule has 2 heterocycles. The Hall–Kier alpha value is -1.68. The summed E-state index contributed by atoms with van der Waals surface area (Å²) in [5.74, 6) is 0. The van der Waals surface area contributed by atoms with E-state index < -0.39 is 0 Å². The predicted octanol–water partition coefficient (Wildman–Crippen LogP) is 1.66. The molecule has 1 aliphatic rings. The lowest BCUT2D eigenvalue weighted by Crippen LogP contribution is -2.10. The predicted molar refractivity (Wildman–Crippen MR) is 70.1 cm³/mol. The van der Waals surface area contributed by atoms with Gasteiger partial charge >= 0.3 is 0 Å². The number of aromatic nitrogens is 3. The van der Waals surface area contributed by atoms with Crippen molar-refractivity contribution in [1.29, 1.82) is 0 Å². The van der Waals surface area contributed by atoms with Gasteiger partial charge < -0.3 is 10.3 Å². The molecule has 4 heteroatoms. The molecule has 0 unspecified atom stereocenters. The molecule has 0 atom stereocenters. The van der Waals surface area contributed by atoms with Crippen LogP contribution in [0, 0.1) is 0 Å². The Labute approximate surface area is 107 Å². The van der Waals surface area contributed by atoms with E-state index >= 15 is 0 Å². The van der Waals surface area contributed by atoms with E-state index in [1.807, 2.05) is 24.5 Å². The number of nitrogens with two attached hydrogens (primary N) is 1. The molecule has 0 spiro atoms. The monoisotopic (exact) mass is 242 g/mol. The van der Waals surface area contributed by atoms with E-state index in [4.69, 9.17) is 5.73 Å². The molecule has 0 bridgehead atoms. The van der Waals surface area contributed by atoms with Crippen molar-refractivity contribution in [3.05, 3.63) is 47.3 Å². The van der Waals surface area contributed by atoms with Gasteiger partial charge in [-0.05, 0) is 37.8 Å². The maximum absolute atomic E-state index is 5.62.